The van der Waals surface area contributed by atoms with E-state index in [4.69, 9.17) is 0 Å². The van der Waals surface area contributed by atoms with Gasteiger partial charge >= 0.3 is 0 Å². The minimum absolute atomic E-state index is 0.342. The van der Waals surface area contributed by atoms with Gasteiger partial charge in [0, 0.05) is 39.5 Å². The third-order valence-corrected chi connectivity index (χ3v) is 4.82. The molecule has 0 radical (unpaired) electrons. The summed E-state index contributed by atoms with van der Waals surface area (Å²) in [6, 6.07) is 8.82. The molecule has 1 N–H and O–H groups in total. The SMILES string of the molecule is CCCn1cc(C(CSc2ccc(Br)cc2)NCC)cn1. The monoisotopic (exact) mass is 367 g/mol. The van der Waals surface area contributed by atoms with Crippen molar-refractivity contribution in [1.29, 1.82) is 0 Å². The summed E-state index contributed by atoms with van der Waals surface area (Å²) in [5, 5.41) is 7.99. The van der Waals surface area contributed by atoms with Crippen molar-refractivity contribution < 1.29 is 0 Å². The van der Waals surface area contributed by atoms with Crippen LogP contribution in [0.15, 0.2) is 46.0 Å². The van der Waals surface area contributed by atoms with Crippen LogP contribution < -0.4 is 5.32 Å². The second kappa shape index (κ2) is 8.61. The molecule has 1 atom stereocenters. The third kappa shape index (κ3) is 5.16. The van der Waals surface area contributed by atoms with Crippen molar-refractivity contribution in [2.45, 2.75) is 37.8 Å². The number of benzene rings is 1. The molecule has 0 aliphatic rings. The van der Waals surface area contributed by atoms with Crippen LogP contribution in [-0.2, 0) is 6.54 Å². The molecule has 0 fully saturated rings. The lowest BCUT2D eigenvalue weighted by atomic mass is 10.2. The van der Waals surface area contributed by atoms with Gasteiger partial charge in [-0.25, -0.2) is 0 Å². The van der Waals surface area contributed by atoms with E-state index in [2.05, 4.69) is 70.7 Å². The number of nitrogens with zero attached hydrogens (tertiary/aromatic N) is 2. The molecule has 0 bridgehead atoms. The fourth-order valence-corrected chi connectivity index (χ4v) is 3.40. The lowest BCUT2D eigenvalue weighted by Gasteiger charge is -2.16. The van der Waals surface area contributed by atoms with Crippen LogP contribution >= 0.6 is 27.7 Å². The number of halogens is 1. The number of hydrogen-bond acceptors (Lipinski definition) is 3. The summed E-state index contributed by atoms with van der Waals surface area (Å²) < 4.78 is 3.15. The number of aromatic nitrogens is 2. The summed E-state index contributed by atoms with van der Waals surface area (Å²) in [6.07, 6.45) is 5.27. The van der Waals surface area contributed by atoms with E-state index in [1.165, 1.54) is 10.5 Å². The fourth-order valence-electron chi connectivity index (χ4n) is 2.14. The smallest absolute Gasteiger partial charge is 0.0537 e. The van der Waals surface area contributed by atoms with E-state index in [0.29, 0.717) is 6.04 Å². The first-order valence-electron chi connectivity index (χ1n) is 7.37. The molecule has 5 heteroatoms. The molecule has 0 spiro atoms. The van der Waals surface area contributed by atoms with Gasteiger partial charge in [-0.05, 0) is 37.2 Å². The Balaban J connectivity index is 1.99. The van der Waals surface area contributed by atoms with Crippen LogP contribution in [-0.4, -0.2) is 22.1 Å². The van der Waals surface area contributed by atoms with Crippen molar-refractivity contribution in [3.05, 3.63) is 46.7 Å². The average molecular weight is 368 g/mol. The van der Waals surface area contributed by atoms with E-state index < -0.39 is 0 Å². The lowest BCUT2D eigenvalue weighted by Crippen LogP contribution is -2.22. The largest absolute Gasteiger partial charge is 0.309 e. The van der Waals surface area contributed by atoms with Crippen molar-refractivity contribution in [1.82, 2.24) is 15.1 Å². The average Bonchev–Trinajstić information content (AvgIpc) is 2.94. The van der Waals surface area contributed by atoms with Gasteiger partial charge in [0.05, 0.1) is 6.20 Å². The molecule has 1 heterocycles. The van der Waals surface area contributed by atoms with Crippen molar-refractivity contribution in [3.63, 3.8) is 0 Å². The summed E-state index contributed by atoms with van der Waals surface area (Å²) in [4.78, 5) is 1.29. The second-order valence-corrected chi connectivity index (χ2v) is 6.92. The highest BCUT2D eigenvalue weighted by Crippen LogP contribution is 2.26. The Kier molecular flexibility index (Phi) is 6.80. The summed E-state index contributed by atoms with van der Waals surface area (Å²) in [7, 11) is 0. The van der Waals surface area contributed by atoms with Gasteiger partial charge in [0.25, 0.3) is 0 Å². The van der Waals surface area contributed by atoms with Gasteiger partial charge in [-0.15, -0.1) is 11.8 Å². The molecule has 21 heavy (non-hydrogen) atoms. The molecule has 2 aromatic rings. The van der Waals surface area contributed by atoms with Crippen LogP contribution in [0.3, 0.4) is 0 Å². The molecule has 2 rings (SSSR count). The molecule has 114 valence electrons. The minimum Gasteiger partial charge on any atom is -0.309 e. The minimum atomic E-state index is 0.342. The molecule has 0 aliphatic carbocycles. The highest BCUT2D eigenvalue weighted by atomic mass is 79.9. The van der Waals surface area contributed by atoms with E-state index in [9.17, 15) is 0 Å². The van der Waals surface area contributed by atoms with Crippen molar-refractivity contribution >= 4 is 27.7 Å². The Morgan fingerprint density at radius 1 is 1.29 bits per heavy atom. The zero-order chi connectivity index (χ0) is 15.1. The molecule has 0 aliphatic heterocycles. The maximum absolute atomic E-state index is 4.44. The molecule has 1 aromatic carbocycles. The normalized spacial score (nSPS) is 12.5. The van der Waals surface area contributed by atoms with Gasteiger partial charge in [0.1, 0.15) is 0 Å². The predicted molar refractivity (Wildman–Crippen MR) is 93.8 cm³/mol. The molecule has 0 saturated carbocycles. The summed E-state index contributed by atoms with van der Waals surface area (Å²) in [6.45, 7) is 6.27. The van der Waals surface area contributed by atoms with E-state index in [-0.39, 0.29) is 0 Å². The molecule has 1 unspecified atom stereocenters. The van der Waals surface area contributed by atoms with E-state index in [0.717, 1.165) is 29.7 Å². The maximum Gasteiger partial charge on any atom is 0.0537 e. The Hall–Kier alpha value is -0.780. The quantitative estimate of drug-likeness (QED) is 0.696. The Labute approximate surface area is 139 Å². The number of rotatable bonds is 8. The molecular formula is C16H22BrN3S. The van der Waals surface area contributed by atoms with E-state index in [1.54, 1.807) is 0 Å². The van der Waals surface area contributed by atoms with Crippen molar-refractivity contribution in [3.8, 4) is 0 Å². The van der Waals surface area contributed by atoms with Gasteiger partial charge in [-0.1, -0.05) is 29.8 Å². The summed E-state index contributed by atoms with van der Waals surface area (Å²) in [5.41, 5.74) is 1.27. The van der Waals surface area contributed by atoms with Gasteiger partial charge in [-0.2, -0.15) is 5.10 Å². The van der Waals surface area contributed by atoms with Crippen molar-refractivity contribution in [2.75, 3.05) is 12.3 Å². The molecule has 1 aromatic heterocycles. The highest BCUT2D eigenvalue weighted by Gasteiger charge is 2.13. The van der Waals surface area contributed by atoms with Crippen LogP contribution in [0.25, 0.3) is 0 Å². The maximum atomic E-state index is 4.44. The highest BCUT2D eigenvalue weighted by molar-refractivity contribution is 9.10. The van der Waals surface area contributed by atoms with E-state index in [1.807, 2.05) is 22.6 Å². The number of hydrogen-bond donors (Lipinski definition) is 1. The predicted octanol–water partition coefficient (Wildman–Crippen LogP) is 4.50. The van der Waals surface area contributed by atoms with Crippen LogP contribution in [0, 0.1) is 0 Å². The Morgan fingerprint density at radius 2 is 2.05 bits per heavy atom. The molecular weight excluding hydrogens is 346 g/mol. The molecule has 0 saturated heterocycles. The number of thioether (sulfide) groups is 1. The van der Waals surface area contributed by atoms with Gasteiger partial charge < -0.3 is 5.32 Å². The Bertz CT molecular complexity index is 539. The number of nitrogens with one attached hydrogen (secondary N) is 1. The lowest BCUT2D eigenvalue weighted by molar-refractivity contribution is 0.590. The molecule has 3 nitrogen and oxygen atoms in total. The first-order chi connectivity index (χ1) is 10.2. The third-order valence-electron chi connectivity index (χ3n) is 3.19. The van der Waals surface area contributed by atoms with Crippen LogP contribution in [0.4, 0.5) is 0 Å². The standard InChI is InChI=1S/C16H22BrN3S/c1-3-9-20-11-13(10-19-20)16(18-4-2)12-21-15-7-5-14(17)6-8-15/h5-8,10-11,16,18H,3-4,9,12H2,1-2H3. The second-order valence-electron chi connectivity index (χ2n) is 4.91. The first kappa shape index (κ1) is 16.6. The van der Waals surface area contributed by atoms with Crippen LogP contribution in [0.1, 0.15) is 31.9 Å². The zero-order valence-electron chi connectivity index (χ0n) is 12.6. The number of aryl methyl sites for hydroxylation is 1. The molecule has 0 amide bonds. The van der Waals surface area contributed by atoms with Gasteiger partial charge in [0.2, 0.25) is 0 Å². The Morgan fingerprint density at radius 3 is 2.71 bits per heavy atom. The summed E-state index contributed by atoms with van der Waals surface area (Å²) >= 11 is 5.35. The first-order valence-corrected chi connectivity index (χ1v) is 9.15. The summed E-state index contributed by atoms with van der Waals surface area (Å²) in [5.74, 6) is 1.01. The zero-order valence-corrected chi connectivity index (χ0v) is 15.0. The van der Waals surface area contributed by atoms with Crippen LogP contribution in [0.5, 0.6) is 0 Å². The topological polar surface area (TPSA) is 29.9 Å². The fraction of sp³-hybridized carbons (Fsp3) is 0.438. The van der Waals surface area contributed by atoms with Gasteiger partial charge in [0.15, 0.2) is 0 Å². The van der Waals surface area contributed by atoms with E-state index >= 15 is 0 Å². The van der Waals surface area contributed by atoms with Gasteiger partial charge in [-0.3, -0.25) is 4.68 Å². The van der Waals surface area contributed by atoms with Crippen molar-refractivity contribution in [2.24, 2.45) is 0 Å². The van der Waals surface area contributed by atoms with Crippen LogP contribution in [0.2, 0.25) is 0 Å².